The van der Waals surface area contributed by atoms with Crippen LogP contribution in [0.25, 0.3) is 0 Å². The third-order valence-electron chi connectivity index (χ3n) is 2.27. The minimum atomic E-state index is -0.750. The average molecular weight is 206 g/mol. The lowest BCUT2D eigenvalue weighted by Crippen LogP contribution is -2.47. The second kappa shape index (κ2) is 7.17. The van der Waals surface area contributed by atoms with Crippen LogP contribution in [0.5, 0.6) is 0 Å². The van der Waals surface area contributed by atoms with Crippen molar-refractivity contribution in [1.82, 2.24) is 9.80 Å². The average Bonchev–Trinajstić information content (AvgIpc) is 2.06. The predicted octanol–water partition coefficient (Wildman–Crippen LogP) is -0.0280. The molecule has 1 aliphatic heterocycles. The van der Waals surface area contributed by atoms with Crippen molar-refractivity contribution in [2.45, 2.75) is 19.9 Å². The Labute approximate surface area is 83.5 Å². The van der Waals surface area contributed by atoms with Crippen LogP contribution in [0.4, 0.5) is 0 Å². The summed E-state index contributed by atoms with van der Waals surface area (Å²) in [4.78, 5) is 4.92. The lowest BCUT2D eigenvalue weighted by molar-refractivity contribution is 0.126. The Kier molecular flexibility index (Phi) is 7.03. The molecular weight excluding hydrogens is 188 g/mol. The van der Waals surface area contributed by atoms with Crippen molar-refractivity contribution in [2.75, 3.05) is 33.2 Å². The van der Waals surface area contributed by atoms with E-state index < -0.39 is 11.6 Å². The van der Waals surface area contributed by atoms with Crippen molar-refractivity contribution in [1.29, 1.82) is 0 Å². The minimum Gasteiger partial charge on any atom is -0.304 e. The summed E-state index contributed by atoms with van der Waals surface area (Å²) in [7, 11) is 2.19. The van der Waals surface area contributed by atoms with Crippen LogP contribution >= 0.6 is 0 Å². The van der Waals surface area contributed by atoms with Gasteiger partial charge in [0.15, 0.2) is 0 Å². The van der Waals surface area contributed by atoms with Gasteiger partial charge >= 0.3 is 11.6 Å². The van der Waals surface area contributed by atoms with E-state index in [1.54, 1.807) is 0 Å². The summed E-state index contributed by atoms with van der Waals surface area (Å²) < 4.78 is 16.6. The third kappa shape index (κ3) is 5.90. The van der Waals surface area contributed by atoms with Gasteiger partial charge in [-0.25, -0.2) is 0 Å². The zero-order chi connectivity index (χ0) is 10.3. The summed E-state index contributed by atoms with van der Waals surface area (Å²) in [6.07, 6.45) is 0. The van der Waals surface area contributed by atoms with E-state index >= 15 is 0 Å². The molecule has 0 aromatic rings. The molecule has 0 bridgehead atoms. The van der Waals surface area contributed by atoms with Gasteiger partial charge in [-0.1, -0.05) is 0 Å². The number of hydrogen-bond acceptors (Lipinski definition) is 4. The maximum atomic E-state index is 8.29. The highest BCUT2D eigenvalue weighted by Crippen LogP contribution is 2.02. The molecule has 5 heteroatoms. The summed E-state index contributed by atoms with van der Waals surface area (Å²) in [6, 6.07) is 0.730. The largest absolute Gasteiger partial charge is 0.335 e. The number of hydrogen-bond donors (Lipinski definition) is 0. The van der Waals surface area contributed by atoms with Gasteiger partial charge in [-0.15, -0.1) is 0 Å². The highest BCUT2D eigenvalue weighted by atomic mass is 32.1. The van der Waals surface area contributed by atoms with Crippen LogP contribution in [0.1, 0.15) is 13.8 Å². The molecule has 0 saturated carbocycles. The zero-order valence-electron chi connectivity index (χ0n) is 8.52. The van der Waals surface area contributed by atoms with Crippen molar-refractivity contribution in [3.63, 3.8) is 0 Å². The SMILES string of the molecule is CC(C)N1CCN(C)CC1.O=S=O. The fourth-order valence-corrected chi connectivity index (χ4v) is 1.34. The van der Waals surface area contributed by atoms with Crippen molar-refractivity contribution in [3.05, 3.63) is 0 Å². The quantitative estimate of drug-likeness (QED) is 0.604. The van der Waals surface area contributed by atoms with Crippen molar-refractivity contribution >= 4 is 11.6 Å². The van der Waals surface area contributed by atoms with Gasteiger partial charge in [0.1, 0.15) is 0 Å². The first-order chi connectivity index (χ1) is 6.11. The number of piperazine rings is 1. The normalized spacial score (nSPS) is 19.4. The summed E-state index contributed by atoms with van der Waals surface area (Å²) in [5.41, 5.74) is 0. The van der Waals surface area contributed by atoms with Gasteiger partial charge in [-0.3, -0.25) is 4.90 Å². The molecule has 4 nitrogen and oxygen atoms in total. The van der Waals surface area contributed by atoms with E-state index in [4.69, 9.17) is 8.42 Å². The monoisotopic (exact) mass is 206 g/mol. The van der Waals surface area contributed by atoms with Crippen LogP contribution in [0.2, 0.25) is 0 Å². The molecule has 1 rings (SSSR count). The molecule has 13 heavy (non-hydrogen) atoms. The smallest absolute Gasteiger partial charge is 0.304 e. The Morgan fingerprint density at radius 3 is 1.77 bits per heavy atom. The van der Waals surface area contributed by atoms with Gasteiger partial charge in [-0.05, 0) is 20.9 Å². The summed E-state index contributed by atoms with van der Waals surface area (Å²) in [5.74, 6) is 0. The Hall–Kier alpha value is -0.260. The molecule has 1 heterocycles. The van der Waals surface area contributed by atoms with Crippen LogP contribution in [0.15, 0.2) is 0 Å². The van der Waals surface area contributed by atoms with Gasteiger partial charge in [0, 0.05) is 32.2 Å². The second-order valence-electron chi connectivity index (χ2n) is 3.50. The summed E-state index contributed by atoms with van der Waals surface area (Å²) >= 11 is -0.750. The lowest BCUT2D eigenvalue weighted by Gasteiger charge is -2.34. The summed E-state index contributed by atoms with van der Waals surface area (Å²) in [6.45, 7) is 9.50. The topological polar surface area (TPSA) is 40.6 Å². The van der Waals surface area contributed by atoms with E-state index in [9.17, 15) is 0 Å². The molecule has 1 saturated heterocycles. The van der Waals surface area contributed by atoms with Gasteiger partial charge in [0.05, 0.1) is 0 Å². The van der Waals surface area contributed by atoms with E-state index in [0.29, 0.717) is 0 Å². The molecule has 0 radical (unpaired) electrons. The third-order valence-corrected chi connectivity index (χ3v) is 2.27. The second-order valence-corrected chi connectivity index (χ2v) is 3.64. The van der Waals surface area contributed by atoms with Crippen molar-refractivity contribution < 1.29 is 8.42 Å². The number of nitrogens with zero attached hydrogens (tertiary/aromatic N) is 2. The fourth-order valence-electron chi connectivity index (χ4n) is 1.34. The Bertz CT molecular complexity index is 162. The fraction of sp³-hybridized carbons (Fsp3) is 1.00. The maximum Gasteiger partial charge on any atom is 0.335 e. The van der Waals surface area contributed by atoms with Gasteiger partial charge in [0.25, 0.3) is 0 Å². The Morgan fingerprint density at radius 2 is 1.46 bits per heavy atom. The van der Waals surface area contributed by atoms with E-state index in [1.165, 1.54) is 26.2 Å². The van der Waals surface area contributed by atoms with E-state index in [0.717, 1.165) is 6.04 Å². The van der Waals surface area contributed by atoms with E-state index in [-0.39, 0.29) is 0 Å². The van der Waals surface area contributed by atoms with Gasteiger partial charge in [0.2, 0.25) is 0 Å². The molecule has 0 N–H and O–H groups in total. The molecule has 1 fully saturated rings. The number of rotatable bonds is 1. The van der Waals surface area contributed by atoms with Gasteiger partial charge < -0.3 is 4.90 Å². The number of likely N-dealkylation sites (N-methyl/N-ethyl adjacent to an activating group) is 1. The first-order valence-electron chi connectivity index (χ1n) is 4.46. The van der Waals surface area contributed by atoms with Crippen LogP contribution < -0.4 is 0 Å². The first-order valence-corrected chi connectivity index (χ1v) is 5.13. The van der Waals surface area contributed by atoms with Crippen LogP contribution in [-0.4, -0.2) is 57.5 Å². The molecule has 0 unspecified atom stereocenters. The molecule has 0 aliphatic carbocycles. The zero-order valence-corrected chi connectivity index (χ0v) is 9.34. The molecule has 0 amide bonds. The Morgan fingerprint density at radius 1 is 1.08 bits per heavy atom. The standard InChI is InChI=1S/C8H18N2.O2S/c1-8(2)10-6-4-9(3)5-7-10;1-3-2/h8H,4-7H2,1-3H3;. The molecule has 0 aromatic carbocycles. The van der Waals surface area contributed by atoms with E-state index in [1.807, 2.05) is 0 Å². The molecule has 78 valence electrons. The van der Waals surface area contributed by atoms with Crippen molar-refractivity contribution in [3.8, 4) is 0 Å². The molecule has 0 aromatic heterocycles. The molecule has 0 spiro atoms. The maximum absolute atomic E-state index is 8.29. The van der Waals surface area contributed by atoms with Crippen LogP contribution in [0.3, 0.4) is 0 Å². The van der Waals surface area contributed by atoms with Crippen LogP contribution in [0, 0.1) is 0 Å². The molecule has 1 aliphatic rings. The molecular formula is C8H18N2O2S. The Balaban J connectivity index is 0.000000424. The predicted molar refractivity (Wildman–Crippen MR) is 53.1 cm³/mol. The highest BCUT2D eigenvalue weighted by molar-refractivity contribution is 7.51. The first kappa shape index (κ1) is 12.7. The van der Waals surface area contributed by atoms with Gasteiger partial charge in [-0.2, -0.15) is 8.42 Å². The molecule has 0 atom stereocenters. The summed E-state index contributed by atoms with van der Waals surface area (Å²) in [5, 5.41) is 0. The minimum absolute atomic E-state index is 0.730. The van der Waals surface area contributed by atoms with E-state index in [2.05, 4.69) is 30.7 Å². The van der Waals surface area contributed by atoms with Crippen LogP contribution in [-0.2, 0) is 11.6 Å². The highest BCUT2D eigenvalue weighted by Gasteiger charge is 2.15. The lowest BCUT2D eigenvalue weighted by atomic mass is 10.2. The van der Waals surface area contributed by atoms with Crippen molar-refractivity contribution in [2.24, 2.45) is 0 Å².